The van der Waals surface area contributed by atoms with Crippen LogP contribution >= 0.6 is 0 Å². The van der Waals surface area contributed by atoms with Crippen molar-refractivity contribution < 1.29 is 0 Å². The van der Waals surface area contributed by atoms with Crippen LogP contribution in [0.15, 0.2) is 83.7 Å². The van der Waals surface area contributed by atoms with Crippen molar-refractivity contribution >= 4 is 10.9 Å². The van der Waals surface area contributed by atoms with Gasteiger partial charge < -0.3 is 0 Å². The molecule has 5 nitrogen and oxygen atoms in total. The molecule has 5 heteroatoms. The number of para-hydroxylation sites is 1. The van der Waals surface area contributed by atoms with Crippen LogP contribution in [0.3, 0.4) is 0 Å². The minimum Gasteiger partial charge on any atom is -0.298 e. The lowest BCUT2D eigenvalue weighted by Gasteiger charge is -2.39. The summed E-state index contributed by atoms with van der Waals surface area (Å²) in [5, 5.41) is 0.688. The molecular weight excluding hydrogens is 480 g/mol. The molecule has 4 aromatic rings. The van der Waals surface area contributed by atoms with Crippen LogP contribution in [0.1, 0.15) is 62.2 Å². The molecule has 5 rings (SSSR count). The fourth-order valence-electron chi connectivity index (χ4n) is 6.15. The molecule has 0 N–H and O–H groups in total. The molecule has 0 aliphatic carbocycles. The highest BCUT2D eigenvalue weighted by molar-refractivity contribution is 5.77. The van der Waals surface area contributed by atoms with Crippen LogP contribution in [0.5, 0.6) is 0 Å². The molecule has 1 saturated heterocycles. The van der Waals surface area contributed by atoms with Crippen molar-refractivity contribution in [1.82, 2.24) is 19.4 Å². The number of nitrogens with zero attached hydrogens (tertiary/aromatic N) is 4. The first-order chi connectivity index (χ1) is 18.9. The van der Waals surface area contributed by atoms with Crippen LogP contribution < -0.4 is 5.56 Å². The Balaban J connectivity index is 1.51. The lowest BCUT2D eigenvalue weighted by atomic mass is 9.96. The number of rotatable bonds is 8. The van der Waals surface area contributed by atoms with Gasteiger partial charge in [-0.25, -0.2) is 4.98 Å². The third-order valence-electron chi connectivity index (χ3n) is 8.30. The van der Waals surface area contributed by atoms with Crippen molar-refractivity contribution in [2.24, 2.45) is 5.92 Å². The molecule has 2 atom stereocenters. The highest BCUT2D eigenvalue weighted by atomic mass is 16.1. The molecule has 1 fully saturated rings. The number of hydrogen-bond acceptors (Lipinski definition) is 4. The molecule has 0 spiro atoms. The molecule has 1 aromatic heterocycles. The summed E-state index contributed by atoms with van der Waals surface area (Å²) in [6, 6.07) is 27.5. The highest BCUT2D eigenvalue weighted by Gasteiger charge is 2.34. The van der Waals surface area contributed by atoms with Gasteiger partial charge in [-0.15, -0.1) is 0 Å². The molecule has 0 amide bonds. The SMILES string of the molecule is CCC(c1nc2ccccc2c(=O)n1Cc1ccccc1)N1CCN(Cc2ccc(C)cc2)CCC1C(C)C. The van der Waals surface area contributed by atoms with Gasteiger partial charge in [-0.05, 0) is 48.9 Å². The van der Waals surface area contributed by atoms with E-state index in [0.29, 0.717) is 23.9 Å². The average Bonchev–Trinajstić information content (AvgIpc) is 3.16. The van der Waals surface area contributed by atoms with E-state index < -0.39 is 0 Å². The number of aromatic nitrogens is 2. The minimum atomic E-state index is 0.0508. The van der Waals surface area contributed by atoms with Crippen molar-refractivity contribution in [2.45, 2.75) is 65.7 Å². The molecule has 39 heavy (non-hydrogen) atoms. The van der Waals surface area contributed by atoms with Crippen LogP contribution in [-0.2, 0) is 13.1 Å². The molecule has 1 aliphatic rings. The third kappa shape index (κ3) is 6.15. The van der Waals surface area contributed by atoms with Crippen molar-refractivity contribution in [2.75, 3.05) is 19.6 Å². The van der Waals surface area contributed by atoms with Crippen molar-refractivity contribution in [3.63, 3.8) is 0 Å². The molecule has 2 unspecified atom stereocenters. The van der Waals surface area contributed by atoms with E-state index in [2.05, 4.69) is 73.9 Å². The molecule has 204 valence electrons. The zero-order valence-electron chi connectivity index (χ0n) is 23.9. The molecule has 2 heterocycles. The summed E-state index contributed by atoms with van der Waals surface area (Å²) in [6.07, 6.45) is 2.01. The Morgan fingerprint density at radius 2 is 1.54 bits per heavy atom. The monoisotopic (exact) mass is 522 g/mol. The quantitative estimate of drug-likeness (QED) is 0.267. The van der Waals surface area contributed by atoms with Crippen LogP contribution in [0, 0.1) is 12.8 Å². The van der Waals surface area contributed by atoms with E-state index >= 15 is 0 Å². The van der Waals surface area contributed by atoms with Crippen LogP contribution in [-0.4, -0.2) is 45.0 Å². The zero-order chi connectivity index (χ0) is 27.4. The lowest BCUT2D eigenvalue weighted by molar-refractivity contribution is 0.0962. The number of aryl methyl sites for hydroxylation is 1. The fourth-order valence-corrected chi connectivity index (χ4v) is 6.15. The summed E-state index contributed by atoms with van der Waals surface area (Å²) >= 11 is 0. The smallest absolute Gasteiger partial charge is 0.261 e. The molecule has 0 saturated carbocycles. The number of hydrogen-bond donors (Lipinski definition) is 0. The summed E-state index contributed by atoms with van der Waals surface area (Å²) in [4.78, 5) is 24.4. The first-order valence-electron chi connectivity index (χ1n) is 14.5. The van der Waals surface area contributed by atoms with E-state index in [1.165, 1.54) is 11.1 Å². The molecule has 1 aliphatic heterocycles. The average molecular weight is 523 g/mol. The number of benzene rings is 3. The van der Waals surface area contributed by atoms with Gasteiger partial charge in [0.25, 0.3) is 5.56 Å². The Morgan fingerprint density at radius 3 is 2.26 bits per heavy atom. The van der Waals surface area contributed by atoms with Gasteiger partial charge in [-0.2, -0.15) is 0 Å². The summed E-state index contributed by atoms with van der Waals surface area (Å²) in [6.45, 7) is 13.6. The van der Waals surface area contributed by atoms with E-state index in [1.807, 2.05) is 47.0 Å². The maximum atomic E-state index is 13.9. The van der Waals surface area contributed by atoms with Crippen molar-refractivity contribution in [1.29, 1.82) is 0 Å². The second kappa shape index (κ2) is 12.3. The van der Waals surface area contributed by atoms with Gasteiger partial charge >= 0.3 is 0 Å². The predicted molar refractivity (Wildman–Crippen MR) is 161 cm³/mol. The lowest BCUT2D eigenvalue weighted by Crippen LogP contribution is -2.44. The van der Waals surface area contributed by atoms with Gasteiger partial charge in [-0.3, -0.25) is 19.2 Å². The van der Waals surface area contributed by atoms with E-state index in [-0.39, 0.29) is 11.6 Å². The molecule has 0 bridgehead atoms. The van der Waals surface area contributed by atoms with Gasteiger partial charge in [0.1, 0.15) is 5.82 Å². The van der Waals surface area contributed by atoms with E-state index in [9.17, 15) is 4.79 Å². The van der Waals surface area contributed by atoms with Gasteiger partial charge in [0.05, 0.1) is 23.5 Å². The topological polar surface area (TPSA) is 41.4 Å². The first kappa shape index (κ1) is 27.3. The van der Waals surface area contributed by atoms with Crippen molar-refractivity contribution in [3.8, 4) is 0 Å². The molecule has 3 aromatic carbocycles. The fraction of sp³-hybridized carbons (Fsp3) is 0.412. The van der Waals surface area contributed by atoms with Crippen molar-refractivity contribution in [3.05, 3.63) is 112 Å². The maximum absolute atomic E-state index is 13.9. The normalized spacial score (nSPS) is 17.9. The van der Waals surface area contributed by atoms with Gasteiger partial charge in [0, 0.05) is 32.2 Å². The van der Waals surface area contributed by atoms with Gasteiger partial charge in [-0.1, -0.05) is 93.1 Å². The van der Waals surface area contributed by atoms with Gasteiger partial charge in [0.2, 0.25) is 0 Å². The largest absolute Gasteiger partial charge is 0.298 e. The molecular formula is C34H42N4O. The molecule has 0 radical (unpaired) electrons. The Labute approximate surface area is 233 Å². The summed E-state index contributed by atoms with van der Waals surface area (Å²) in [5.41, 5.74) is 4.63. The Bertz CT molecular complexity index is 1430. The van der Waals surface area contributed by atoms with E-state index in [1.54, 1.807) is 0 Å². The highest BCUT2D eigenvalue weighted by Crippen LogP contribution is 2.31. The minimum absolute atomic E-state index is 0.0508. The zero-order valence-corrected chi connectivity index (χ0v) is 23.9. The Hall–Kier alpha value is -3.28. The van der Waals surface area contributed by atoms with Crippen LogP contribution in [0.4, 0.5) is 0 Å². The third-order valence-corrected chi connectivity index (χ3v) is 8.30. The summed E-state index contributed by atoms with van der Waals surface area (Å²) in [5.74, 6) is 1.40. The van der Waals surface area contributed by atoms with Crippen LogP contribution in [0.25, 0.3) is 10.9 Å². The second-order valence-corrected chi connectivity index (χ2v) is 11.4. The number of fused-ring (bicyclic) bond motifs is 1. The summed E-state index contributed by atoms with van der Waals surface area (Å²) < 4.78 is 1.94. The van der Waals surface area contributed by atoms with Crippen LogP contribution in [0.2, 0.25) is 0 Å². The summed E-state index contributed by atoms with van der Waals surface area (Å²) in [7, 11) is 0. The van der Waals surface area contributed by atoms with Gasteiger partial charge in [0.15, 0.2) is 0 Å². The van der Waals surface area contributed by atoms with E-state index in [0.717, 1.165) is 55.9 Å². The second-order valence-electron chi connectivity index (χ2n) is 11.4. The Kier molecular flexibility index (Phi) is 8.59. The van der Waals surface area contributed by atoms with E-state index in [4.69, 9.17) is 4.98 Å². The Morgan fingerprint density at radius 1 is 0.846 bits per heavy atom. The first-order valence-corrected chi connectivity index (χ1v) is 14.5. The predicted octanol–water partition coefficient (Wildman–Crippen LogP) is 6.44. The maximum Gasteiger partial charge on any atom is 0.261 e. The standard InChI is InChI=1S/C34H42N4O/c1-5-31(37-22-21-36(20-19-32(37)25(2)3)23-28-17-15-26(4)16-18-28)33-35-30-14-10-9-13-29(30)34(39)38(33)24-27-11-7-6-8-12-27/h6-18,25,31-32H,5,19-24H2,1-4H3.